The summed E-state index contributed by atoms with van der Waals surface area (Å²) < 4.78 is 6.41. The van der Waals surface area contributed by atoms with Gasteiger partial charge in [-0.05, 0) is 38.1 Å². The third kappa shape index (κ3) is 2.95. The number of anilines is 1. The van der Waals surface area contributed by atoms with Crippen LogP contribution in [0.4, 0.5) is 10.5 Å². The van der Waals surface area contributed by atoms with Crippen molar-refractivity contribution in [3.63, 3.8) is 0 Å². The molecule has 1 aliphatic carbocycles. The van der Waals surface area contributed by atoms with Crippen LogP contribution >= 0.6 is 0 Å². The summed E-state index contributed by atoms with van der Waals surface area (Å²) in [6, 6.07) is 2.82. The molecule has 1 saturated heterocycles. The van der Waals surface area contributed by atoms with Crippen LogP contribution in [0.1, 0.15) is 30.4 Å². The number of carbonyl (C=O) groups is 2. The second-order valence-electron chi connectivity index (χ2n) is 8.82. The van der Waals surface area contributed by atoms with Crippen LogP contribution in [0, 0.1) is 0 Å². The molecule has 4 atom stereocenters. The molecular weight excluding hydrogens is 402 g/mol. The van der Waals surface area contributed by atoms with Gasteiger partial charge in [0.15, 0.2) is 0 Å². The molecule has 0 bridgehead atoms. The van der Waals surface area contributed by atoms with Gasteiger partial charge in [0, 0.05) is 18.5 Å². The molecule has 2 N–H and O–H groups in total. The van der Waals surface area contributed by atoms with E-state index in [-0.39, 0.29) is 12.0 Å². The number of amides is 2. The number of nitrogens with zero attached hydrogens (tertiary/aromatic N) is 3. The summed E-state index contributed by atoms with van der Waals surface area (Å²) in [7, 11) is 3.47. The molecule has 1 spiro atoms. The molecule has 0 aromatic heterocycles. The maximum absolute atomic E-state index is 12.7. The molecule has 4 aliphatic rings. The molecule has 9 nitrogen and oxygen atoms in total. The summed E-state index contributed by atoms with van der Waals surface area (Å²) in [5.74, 6) is 0.134. The Morgan fingerprint density at radius 2 is 2.16 bits per heavy atom. The van der Waals surface area contributed by atoms with Gasteiger partial charge in [0.1, 0.15) is 17.9 Å². The van der Waals surface area contributed by atoms with Crippen LogP contribution in [0.15, 0.2) is 24.3 Å². The van der Waals surface area contributed by atoms with Gasteiger partial charge in [0.25, 0.3) is 5.91 Å². The summed E-state index contributed by atoms with van der Waals surface area (Å²) in [6.45, 7) is 1.91. The van der Waals surface area contributed by atoms with E-state index in [0.717, 1.165) is 35.5 Å². The minimum absolute atomic E-state index is 0.278. The summed E-state index contributed by atoms with van der Waals surface area (Å²) in [5, 5.41) is 21.5. The average molecular weight is 429 g/mol. The topological polar surface area (TPSA) is 103 Å². The Bertz CT molecular complexity index is 965. The summed E-state index contributed by atoms with van der Waals surface area (Å²) in [5.41, 5.74) is 2.04. The second kappa shape index (κ2) is 7.22. The van der Waals surface area contributed by atoms with Gasteiger partial charge in [-0.15, -0.1) is 0 Å². The molecular formula is C22H27N3O6. The first-order valence-corrected chi connectivity index (χ1v) is 10.6. The predicted molar refractivity (Wildman–Crippen MR) is 111 cm³/mol. The Kier molecular flexibility index (Phi) is 4.72. The van der Waals surface area contributed by atoms with Crippen molar-refractivity contribution < 1.29 is 29.4 Å². The summed E-state index contributed by atoms with van der Waals surface area (Å²) in [6.07, 6.45) is 3.38. The molecule has 5 rings (SSSR count). The van der Waals surface area contributed by atoms with Crippen LogP contribution in [-0.4, -0.2) is 77.7 Å². The lowest BCUT2D eigenvalue weighted by molar-refractivity contribution is -0.167. The van der Waals surface area contributed by atoms with E-state index in [2.05, 4.69) is 11.9 Å². The van der Waals surface area contributed by atoms with Crippen LogP contribution in [-0.2, 0) is 21.6 Å². The average Bonchev–Trinajstić information content (AvgIpc) is 3.21. The summed E-state index contributed by atoms with van der Waals surface area (Å²) >= 11 is 0. The molecule has 31 heavy (non-hydrogen) atoms. The van der Waals surface area contributed by atoms with Gasteiger partial charge < -0.3 is 19.8 Å². The number of hydroxylamine groups is 2. The van der Waals surface area contributed by atoms with Gasteiger partial charge in [-0.3, -0.25) is 14.5 Å². The van der Waals surface area contributed by atoms with E-state index in [1.807, 2.05) is 18.2 Å². The fraction of sp³-hybridized carbons (Fsp3) is 0.545. The number of benzene rings is 1. The third-order valence-corrected chi connectivity index (χ3v) is 7.08. The van der Waals surface area contributed by atoms with E-state index in [4.69, 9.17) is 9.57 Å². The highest BCUT2D eigenvalue weighted by atomic mass is 16.7. The zero-order valence-corrected chi connectivity index (χ0v) is 17.7. The first-order valence-electron chi connectivity index (χ1n) is 10.6. The molecule has 3 aliphatic heterocycles. The highest BCUT2D eigenvalue weighted by molar-refractivity contribution is 5.99. The number of aliphatic hydroxyl groups is 1. The lowest BCUT2D eigenvalue weighted by atomic mass is 9.69. The van der Waals surface area contributed by atoms with Gasteiger partial charge in [0.2, 0.25) is 0 Å². The highest BCUT2D eigenvalue weighted by Crippen LogP contribution is 2.56. The Morgan fingerprint density at radius 1 is 1.35 bits per heavy atom. The van der Waals surface area contributed by atoms with Crippen LogP contribution in [0.5, 0.6) is 5.75 Å². The van der Waals surface area contributed by atoms with Crippen LogP contribution in [0.3, 0.4) is 0 Å². The van der Waals surface area contributed by atoms with Gasteiger partial charge >= 0.3 is 6.09 Å². The number of rotatable bonds is 3. The number of aliphatic hydroxyl groups excluding tert-OH is 1. The van der Waals surface area contributed by atoms with Gasteiger partial charge in [-0.1, -0.05) is 18.2 Å². The van der Waals surface area contributed by atoms with Crippen molar-refractivity contribution in [3.8, 4) is 5.75 Å². The highest BCUT2D eigenvalue weighted by Gasteiger charge is 2.53. The van der Waals surface area contributed by atoms with E-state index in [1.165, 1.54) is 12.2 Å². The fourth-order valence-electron chi connectivity index (χ4n) is 5.58. The van der Waals surface area contributed by atoms with Gasteiger partial charge in [-0.25, -0.2) is 9.86 Å². The standard InChI is InChI=1S/C22H27N3O6/c1-23-10-8-22-7-5-14(26)11-17(22)31-19-15(4-3-13(12-23)18(19)22)25(21(28)29)16-6-9-24(30-2)20(16)27/h3-5,7,14,16-17,26H,6,8-12H2,1-2H3,(H,28,29)/t14-,16-,17-,22-/m0/s1. The molecule has 2 amide bonds. The van der Waals surface area contributed by atoms with E-state index < -0.39 is 23.7 Å². The van der Waals surface area contributed by atoms with Crippen molar-refractivity contribution in [2.45, 2.75) is 49.5 Å². The van der Waals surface area contributed by atoms with E-state index in [0.29, 0.717) is 30.8 Å². The number of ether oxygens (including phenoxy) is 1. The number of hydrogen-bond donors (Lipinski definition) is 2. The number of carboxylic acid groups (broad SMARTS) is 1. The smallest absolute Gasteiger partial charge is 0.412 e. The molecule has 9 heteroatoms. The second-order valence-corrected chi connectivity index (χ2v) is 8.82. The van der Waals surface area contributed by atoms with Gasteiger partial charge in [-0.2, -0.15) is 0 Å². The summed E-state index contributed by atoms with van der Waals surface area (Å²) in [4.78, 5) is 33.6. The van der Waals surface area contributed by atoms with Crippen molar-refractivity contribution in [3.05, 3.63) is 35.4 Å². The Labute approximate surface area is 180 Å². The molecule has 1 fully saturated rings. The minimum atomic E-state index is -1.21. The van der Waals surface area contributed by atoms with E-state index >= 15 is 0 Å². The van der Waals surface area contributed by atoms with Crippen molar-refractivity contribution >= 4 is 17.7 Å². The van der Waals surface area contributed by atoms with Crippen LogP contribution in [0.25, 0.3) is 0 Å². The predicted octanol–water partition coefficient (Wildman–Crippen LogP) is 1.49. The van der Waals surface area contributed by atoms with Crippen molar-refractivity contribution in [1.29, 1.82) is 0 Å². The molecule has 1 aromatic carbocycles. The molecule has 0 saturated carbocycles. The van der Waals surface area contributed by atoms with Crippen LogP contribution < -0.4 is 9.64 Å². The molecule has 0 unspecified atom stereocenters. The Balaban J connectivity index is 1.66. The normalized spacial score (nSPS) is 31.8. The molecule has 166 valence electrons. The first kappa shape index (κ1) is 20.3. The lowest BCUT2D eigenvalue weighted by Gasteiger charge is -2.35. The molecule has 1 aromatic rings. The first-order chi connectivity index (χ1) is 14.9. The quantitative estimate of drug-likeness (QED) is 0.702. The molecule has 0 radical (unpaired) electrons. The minimum Gasteiger partial charge on any atom is -0.487 e. The largest absolute Gasteiger partial charge is 0.487 e. The fourth-order valence-corrected chi connectivity index (χ4v) is 5.58. The number of hydrogen-bond acceptors (Lipinski definition) is 6. The van der Waals surface area contributed by atoms with Crippen LogP contribution in [0.2, 0.25) is 0 Å². The van der Waals surface area contributed by atoms with E-state index in [1.54, 1.807) is 6.07 Å². The van der Waals surface area contributed by atoms with E-state index in [9.17, 15) is 19.8 Å². The molecule has 3 heterocycles. The van der Waals surface area contributed by atoms with Crippen molar-refractivity contribution in [2.75, 3.05) is 32.1 Å². The van der Waals surface area contributed by atoms with Crippen molar-refractivity contribution in [1.82, 2.24) is 9.96 Å². The zero-order valence-electron chi connectivity index (χ0n) is 17.7. The van der Waals surface area contributed by atoms with Crippen molar-refractivity contribution in [2.24, 2.45) is 0 Å². The Morgan fingerprint density at radius 3 is 2.87 bits per heavy atom. The van der Waals surface area contributed by atoms with Gasteiger partial charge in [0.05, 0.1) is 30.9 Å². The lowest BCUT2D eigenvalue weighted by Crippen LogP contribution is -2.45. The zero-order chi connectivity index (χ0) is 21.9. The number of carbonyl (C=O) groups excluding carboxylic acids is 1. The third-order valence-electron chi connectivity index (χ3n) is 7.08. The SMILES string of the molecule is CON1CC[C@H](N(C(=O)O)c2ccc3c4c2O[C@H]2C[C@@H](O)C=C[C@@]42CCN(C)C3)C1=O. The maximum Gasteiger partial charge on any atom is 0.412 e. The maximum atomic E-state index is 12.7. The monoisotopic (exact) mass is 429 g/mol. The Hall–Kier alpha value is -2.62.